The van der Waals surface area contributed by atoms with Crippen LogP contribution < -0.4 is 10.6 Å². The lowest BCUT2D eigenvalue weighted by molar-refractivity contribution is 0.248. The second-order valence-corrected chi connectivity index (χ2v) is 7.53. The lowest BCUT2D eigenvalue weighted by atomic mass is 10.1. The van der Waals surface area contributed by atoms with Crippen molar-refractivity contribution in [3.05, 3.63) is 65.2 Å². The fourth-order valence-corrected chi connectivity index (χ4v) is 2.96. The summed E-state index contributed by atoms with van der Waals surface area (Å²) in [5.74, 6) is 1.36. The molecule has 0 amide bonds. The number of nitrogens with one attached hydrogen (secondary N) is 2. The van der Waals surface area contributed by atoms with Gasteiger partial charge in [-0.05, 0) is 30.5 Å². The summed E-state index contributed by atoms with van der Waals surface area (Å²) in [6.07, 6.45) is 0. The van der Waals surface area contributed by atoms with Crippen molar-refractivity contribution in [1.82, 2.24) is 9.97 Å². The SMILES string of the molecule is Cc1ccc(Cl)cc1Nc1cc(-c2ccccc2)nc(N[C@H](CO)C(C)C)n1. The van der Waals surface area contributed by atoms with Gasteiger partial charge in [-0.1, -0.05) is 61.8 Å². The summed E-state index contributed by atoms with van der Waals surface area (Å²) in [7, 11) is 0. The first-order valence-electron chi connectivity index (χ1n) is 9.31. The van der Waals surface area contributed by atoms with Crippen LogP contribution in [0.2, 0.25) is 5.02 Å². The first kappa shape index (κ1) is 20.1. The van der Waals surface area contributed by atoms with Crippen molar-refractivity contribution in [2.24, 2.45) is 5.92 Å². The molecule has 0 saturated heterocycles. The molecule has 0 unspecified atom stereocenters. The minimum absolute atomic E-state index is 0.00670. The topological polar surface area (TPSA) is 70.1 Å². The van der Waals surface area contributed by atoms with E-state index in [1.54, 1.807) is 0 Å². The van der Waals surface area contributed by atoms with Gasteiger partial charge >= 0.3 is 0 Å². The Morgan fingerprint density at radius 1 is 1.04 bits per heavy atom. The Kier molecular flexibility index (Phi) is 6.49. The van der Waals surface area contributed by atoms with Crippen molar-refractivity contribution >= 4 is 29.1 Å². The van der Waals surface area contributed by atoms with E-state index in [0.717, 1.165) is 22.5 Å². The minimum atomic E-state index is -0.133. The molecule has 28 heavy (non-hydrogen) atoms. The fourth-order valence-electron chi connectivity index (χ4n) is 2.79. The molecule has 1 aromatic heterocycles. The number of hydrogen-bond acceptors (Lipinski definition) is 5. The largest absolute Gasteiger partial charge is 0.394 e. The van der Waals surface area contributed by atoms with E-state index in [-0.39, 0.29) is 18.6 Å². The van der Waals surface area contributed by atoms with Crippen molar-refractivity contribution < 1.29 is 5.11 Å². The first-order valence-corrected chi connectivity index (χ1v) is 9.69. The van der Waals surface area contributed by atoms with E-state index < -0.39 is 0 Å². The molecule has 2 aromatic carbocycles. The summed E-state index contributed by atoms with van der Waals surface area (Å²) >= 11 is 6.15. The van der Waals surface area contributed by atoms with Crippen LogP contribution in [0, 0.1) is 12.8 Å². The van der Waals surface area contributed by atoms with Gasteiger partial charge in [-0.15, -0.1) is 0 Å². The number of benzene rings is 2. The van der Waals surface area contributed by atoms with Crippen LogP contribution >= 0.6 is 11.6 Å². The third-order valence-corrected chi connectivity index (χ3v) is 4.81. The van der Waals surface area contributed by atoms with Gasteiger partial charge in [0.15, 0.2) is 0 Å². The summed E-state index contributed by atoms with van der Waals surface area (Å²) < 4.78 is 0. The molecule has 0 bridgehead atoms. The minimum Gasteiger partial charge on any atom is -0.394 e. The van der Waals surface area contributed by atoms with Gasteiger partial charge in [-0.3, -0.25) is 0 Å². The van der Waals surface area contributed by atoms with E-state index in [0.29, 0.717) is 16.8 Å². The standard InChI is InChI=1S/C22H25ClN4O/c1-14(2)20(13-28)26-22-25-19(16-7-5-4-6-8-16)12-21(27-22)24-18-11-17(23)10-9-15(18)3/h4-12,14,20,28H,13H2,1-3H3,(H2,24,25,26,27)/t20-/m1/s1. The average Bonchev–Trinajstić information content (AvgIpc) is 2.69. The summed E-state index contributed by atoms with van der Waals surface area (Å²) in [6, 6.07) is 17.4. The summed E-state index contributed by atoms with van der Waals surface area (Å²) in [5.41, 5.74) is 3.73. The predicted molar refractivity (Wildman–Crippen MR) is 116 cm³/mol. The van der Waals surface area contributed by atoms with Crippen molar-refractivity contribution in [3.8, 4) is 11.3 Å². The molecule has 0 radical (unpaired) electrons. The number of hydrogen-bond donors (Lipinski definition) is 3. The smallest absolute Gasteiger partial charge is 0.225 e. The maximum atomic E-state index is 9.67. The van der Waals surface area contributed by atoms with Gasteiger partial charge in [0, 0.05) is 22.3 Å². The molecule has 1 heterocycles. The van der Waals surface area contributed by atoms with Gasteiger partial charge in [-0.25, -0.2) is 4.98 Å². The number of anilines is 3. The number of nitrogens with zero attached hydrogens (tertiary/aromatic N) is 2. The van der Waals surface area contributed by atoms with Crippen LogP contribution in [0.5, 0.6) is 0 Å². The monoisotopic (exact) mass is 396 g/mol. The number of rotatable bonds is 7. The Morgan fingerprint density at radius 3 is 2.46 bits per heavy atom. The highest BCUT2D eigenvalue weighted by molar-refractivity contribution is 6.30. The van der Waals surface area contributed by atoms with E-state index in [1.165, 1.54) is 0 Å². The molecule has 3 aromatic rings. The second-order valence-electron chi connectivity index (χ2n) is 7.09. The van der Waals surface area contributed by atoms with E-state index in [1.807, 2.05) is 75.4 Å². The second kappa shape index (κ2) is 9.04. The molecule has 0 aliphatic carbocycles. The van der Waals surface area contributed by atoms with E-state index in [4.69, 9.17) is 11.6 Å². The van der Waals surface area contributed by atoms with Gasteiger partial charge in [0.05, 0.1) is 18.3 Å². The molecule has 5 nitrogen and oxygen atoms in total. The highest BCUT2D eigenvalue weighted by atomic mass is 35.5. The first-order chi connectivity index (χ1) is 13.5. The highest BCUT2D eigenvalue weighted by Crippen LogP contribution is 2.27. The van der Waals surface area contributed by atoms with E-state index >= 15 is 0 Å². The Bertz CT molecular complexity index is 931. The van der Waals surface area contributed by atoms with Crippen molar-refractivity contribution in [2.75, 3.05) is 17.2 Å². The Morgan fingerprint density at radius 2 is 1.79 bits per heavy atom. The maximum absolute atomic E-state index is 9.67. The number of aliphatic hydroxyl groups excluding tert-OH is 1. The van der Waals surface area contributed by atoms with Crippen LogP contribution in [-0.2, 0) is 0 Å². The summed E-state index contributed by atoms with van der Waals surface area (Å²) in [6.45, 7) is 6.11. The van der Waals surface area contributed by atoms with Crippen LogP contribution in [0.1, 0.15) is 19.4 Å². The molecule has 3 rings (SSSR count). The Hall–Kier alpha value is -2.63. The normalized spacial score (nSPS) is 12.1. The van der Waals surface area contributed by atoms with Crippen LogP contribution in [0.25, 0.3) is 11.3 Å². The zero-order chi connectivity index (χ0) is 20.1. The lowest BCUT2D eigenvalue weighted by Crippen LogP contribution is -2.30. The van der Waals surface area contributed by atoms with E-state index in [9.17, 15) is 5.11 Å². The van der Waals surface area contributed by atoms with Gasteiger partial charge in [0.25, 0.3) is 0 Å². The van der Waals surface area contributed by atoms with Crippen LogP contribution in [-0.4, -0.2) is 27.7 Å². The number of aryl methyl sites for hydroxylation is 1. The van der Waals surface area contributed by atoms with E-state index in [2.05, 4.69) is 20.6 Å². The van der Waals surface area contributed by atoms with Crippen molar-refractivity contribution in [2.45, 2.75) is 26.8 Å². The number of aromatic nitrogens is 2. The molecule has 3 N–H and O–H groups in total. The van der Waals surface area contributed by atoms with Gasteiger partial charge in [0.1, 0.15) is 5.82 Å². The Labute approximate surface area is 170 Å². The van der Waals surface area contributed by atoms with Crippen LogP contribution in [0.3, 0.4) is 0 Å². The molecule has 0 aliphatic rings. The quantitative estimate of drug-likeness (QED) is 0.507. The lowest BCUT2D eigenvalue weighted by Gasteiger charge is -2.21. The molecule has 1 atom stereocenters. The molecule has 0 saturated carbocycles. The number of halogens is 1. The average molecular weight is 397 g/mol. The summed E-state index contributed by atoms with van der Waals surface area (Å²) in [4.78, 5) is 9.26. The molecular weight excluding hydrogens is 372 g/mol. The predicted octanol–water partition coefficient (Wildman–Crippen LogP) is 5.28. The third-order valence-electron chi connectivity index (χ3n) is 4.57. The molecular formula is C22H25ClN4O. The third kappa shape index (κ3) is 5.00. The maximum Gasteiger partial charge on any atom is 0.225 e. The zero-order valence-electron chi connectivity index (χ0n) is 16.3. The Balaban J connectivity index is 2.00. The van der Waals surface area contributed by atoms with Crippen molar-refractivity contribution in [1.29, 1.82) is 0 Å². The fraction of sp³-hybridized carbons (Fsp3) is 0.273. The van der Waals surface area contributed by atoms with Gasteiger partial charge in [-0.2, -0.15) is 4.98 Å². The van der Waals surface area contributed by atoms with Crippen molar-refractivity contribution in [3.63, 3.8) is 0 Å². The van der Waals surface area contributed by atoms with Crippen LogP contribution in [0.15, 0.2) is 54.6 Å². The highest BCUT2D eigenvalue weighted by Gasteiger charge is 2.15. The molecule has 0 fully saturated rings. The molecule has 0 spiro atoms. The van der Waals surface area contributed by atoms with Gasteiger partial charge < -0.3 is 15.7 Å². The summed E-state index contributed by atoms with van der Waals surface area (Å²) in [5, 5.41) is 16.9. The molecule has 0 aliphatic heterocycles. The van der Waals surface area contributed by atoms with Gasteiger partial charge in [0.2, 0.25) is 5.95 Å². The molecule has 6 heteroatoms. The number of aliphatic hydroxyl groups is 1. The zero-order valence-corrected chi connectivity index (χ0v) is 17.0. The molecule has 146 valence electrons. The van der Waals surface area contributed by atoms with Crippen LogP contribution in [0.4, 0.5) is 17.5 Å².